The molecule has 0 spiro atoms. The fourth-order valence-corrected chi connectivity index (χ4v) is 4.27. The number of carbonyl (C=O) groups is 1. The van der Waals surface area contributed by atoms with Gasteiger partial charge in [0.25, 0.3) is 0 Å². The molecule has 1 heterocycles. The number of hydrogen-bond acceptors (Lipinski definition) is 4. The Balaban J connectivity index is 2.05. The number of carbonyl (C=O) groups excluding carboxylic acids is 1. The van der Waals surface area contributed by atoms with Crippen LogP contribution in [0.2, 0.25) is 0 Å². The summed E-state index contributed by atoms with van der Waals surface area (Å²) in [6.45, 7) is 4.61. The zero-order valence-electron chi connectivity index (χ0n) is 16.2. The van der Waals surface area contributed by atoms with Crippen LogP contribution in [-0.2, 0) is 4.74 Å². The van der Waals surface area contributed by atoms with Crippen LogP contribution in [0.3, 0.4) is 0 Å². The topological polar surface area (TPSA) is 48.4 Å². The molecule has 0 fully saturated rings. The van der Waals surface area contributed by atoms with Crippen molar-refractivity contribution in [1.82, 2.24) is 4.98 Å². The van der Waals surface area contributed by atoms with Crippen LogP contribution in [0.5, 0.6) is 5.75 Å². The van der Waals surface area contributed by atoms with E-state index in [2.05, 4.69) is 52.9 Å². The smallest absolute Gasteiger partial charge is 0.356 e. The maximum atomic E-state index is 12.3. The molecule has 3 aromatic carbocycles. The second-order valence-corrected chi connectivity index (χ2v) is 7.67. The molecule has 0 aliphatic carbocycles. The van der Waals surface area contributed by atoms with E-state index in [9.17, 15) is 4.79 Å². The van der Waals surface area contributed by atoms with E-state index in [1.807, 2.05) is 31.2 Å². The van der Waals surface area contributed by atoms with Crippen molar-refractivity contribution in [2.75, 3.05) is 13.2 Å². The number of aromatic nitrogens is 1. The molecule has 0 radical (unpaired) electrons. The maximum absolute atomic E-state index is 12.3. The van der Waals surface area contributed by atoms with Crippen molar-refractivity contribution in [2.45, 2.75) is 13.8 Å². The molecule has 0 aliphatic rings. The van der Waals surface area contributed by atoms with Gasteiger partial charge in [-0.05, 0) is 71.0 Å². The SMILES string of the molecule is CCOC(=O)c1ccc2c(OCC)c(I)cc(-c3cccc4ccccc34)c2n1. The Labute approximate surface area is 183 Å². The Bertz CT molecular complexity index is 1210. The quantitative estimate of drug-likeness (QED) is 0.242. The molecule has 4 aromatic rings. The zero-order chi connectivity index (χ0) is 20.4. The van der Waals surface area contributed by atoms with Crippen LogP contribution in [0.15, 0.2) is 60.7 Å². The first-order chi connectivity index (χ1) is 14.1. The van der Waals surface area contributed by atoms with Crippen LogP contribution in [0.1, 0.15) is 24.3 Å². The predicted molar refractivity (Wildman–Crippen MR) is 125 cm³/mol. The molecule has 0 N–H and O–H groups in total. The van der Waals surface area contributed by atoms with Gasteiger partial charge >= 0.3 is 5.97 Å². The number of pyridine rings is 1. The van der Waals surface area contributed by atoms with Crippen LogP contribution >= 0.6 is 22.6 Å². The van der Waals surface area contributed by atoms with Crippen molar-refractivity contribution >= 4 is 50.2 Å². The molecular weight excluding hydrogens is 477 g/mol. The van der Waals surface area contributed by atoms with Gasteiger partial charge in [0.2, 0.25) is 0 Å². The van der Waals surface area contributed by atoms with Gasteiger partial charge in [-0.3, -0.25) is 0 Å². The average Bonchev–Trinajstić information content (AvgIpc) is 2.75. The second kappa shape index (κ2) is 8.37. The molecule has 29 heavy (non-hydrogen) atoms. The minimum Gasteiger partial charge on any atom is -0.492 e. The van der Waals surface area contributed by atoms with Gasteiger partial charge in [0.05, 0.1) is 22.3 Å². The molecule has 0 saturated carbocycles. The third-order valence-electron chi connectivity index (χ3n) is 4.74. The van der Waals surface area contributed by atoms with Crippen LogP contribution < -0.4 is 4.74 Å². The van der Waals surface area contributed by atoms with Crippen molar-refractivity contribution in [3.63, 3.8) is 0 Å². The lowest BCUT2D eigenvalue weighted by Gasteiger charge is -2.15. The molecule has 146 valence electrons. The number of ether oxygens (including phenoxy) is 2. The Morgan fingerprint density at radius 2 is 1.72 bits per heavy atom. The van der Waals surface area contributed by atoms with E-state index in [0.29, 0.717) is 18.9 Å². The van der Waals surface area contributed by atoms with Gasteiger partial charge in [-0.25, -0.2) is 9.78 Å². The summed E-state index contributed by atoms with van der Waals surface area (Å²) >= 11 is 2.30. The number of halogens is 1. The Morgan fingerprint density at radius 1 is 0.931 bits per heavy atom. The molecule has 4 nitrogen and oxygen atoms in total. The van der Waals surface area contributed by atoms with Gasteiger partial charge in [-0.2, -0.15) is 0 Å². The van der Waals surface area contributed by atoms with Gasteiger partial charge in [-0.1, -0.05) is 42.5 Å². The molecule has 0 atom stereocenters. The first kappa shape index (κ1) is 19.6. The van der Waals surface area contributed by atoms with E-state index in [1.165, 1.54) is 0 Å². The number of rotatable bonds is 5. The van der Waals surface area contributed by atoms with Gasteiger partial charge in [0.15, 0.2) is 0 Å². The summed E-state index contributed by atoms with van der Waals surface area (Å²) in [4.78, 5) is 17.0. The normalized spacial score (nSPS) is 11.0. The first-order valence-corrected chi connectivity index (χ1v) is 10.6. The van der Waals surface area contributed by atoms with E-state index >= 15 is 0 Å². The Kier molecular flexibility index (Phi) is 5.67. The molecule has 0 bridgehead atoms. The minimum atomic E-state index is -0.422. The summed E-state index contributed by atoms with van der Waals surface area (Å²) < 4.78 is 12.1. The fourth-order valence-electron chi connectivity index (χ4n) is 3.51. The molecule has 0 unspecified atom stereocenters. The molecule has 4 rings (SSSR count). The summed E-state index contributed by atoms with van der Waals surface area (Å²) in [6, 6.07) is 20.2. The number of esters is 1. The van der Waals surface area contributed by atoms with Gasteiger partial charge in [0, 0.05) is 10.9 Å². The first-order valence-electron chi connectivity index (χ1n) is 9.55. The van der Waals surface area contributed by atoms with Gasteiger partial charge < -0.3 is 9.47 Å². The Hall–Kier alpha value is -2.67. The molecule has 0 aliphatic heterocycles. The molecule has 0 amide bonds. The Morgan fingerprint density at radius 3 is 2.52 bits per heavy atom. The number of hydrogen-bond donors (Lipinski definition) is 0. The lowest BCUT2D eigenvalue weighted by Crippen LogP contribution is -2.07. The highest BCUT2D eigenvalue weighted by atomic mass is 127. The summed E-state index contributed by atoms with van der Waals surface area (Å²) in [6.07, 6.45) is 0. The van der Waals surface area contributed by atoms with Crippen LogP contribution in [-0.4, -0.2) is 24.2 Å². The van der Waals surface area contributed by atoms with Gasteiger partial charge in [0.1, 0.15) is 11.4 Å². The third-order valence-corrected chi connectivity index (χ3v) is 5.54. The van der Waals surface area contributed by atoms with E-state index in [-0.39, 0.29) is 0 Å². The fraction of sp³-hybridized carbons (Fsp3) is 0.167. The summed E-state index contributed by atoms with van der Waals surface area (Å²) in [5.41, 5.74) is 3.07. The van der Waals surface area contributed by atoms with E-state index in [4.69, 9.17) is 14.5 Å². The second-order valence-electron chi connectivity index (χ2n) is 6.51. The van der Waals surface area contributed by atoms with E-state index in [0.717, 1.165) is 42.1 Å². The van der Waals surface area contributed by atoms with Crippen molar-refractivity contribution in [1.29, 1.82) is 0 Å². The van der Waals surface area contributed by atoms with Crippen molar-refractivity contribution in [3.8, 4) is 16.9 Å². The maximum Gasteiger partial charge on any atom is 0.356 e. The monoisotopic (exact) mass is 497 g/mol. The standard InChI is InChI=1S/C24H20INO3/c1-3-28-23-18-12-13-21(24(27)29-4-2)26-22(18)19(14-20(23)25)17-11-7-9-15-8-5-6-10-16(15)17/h5-14H,3-4H2,1-2H3. The van der Waals surface area contributed by atoms with Gasteiger partial charge in [-0.15, -0.1) is 0 Å². The van der Waals surface area contributed by atoms with Crippen LogP contribution in [0.25, 0.3) is 32.8 Å². The molecule has 0 saturated heterocycles. The minimum absolute atomic E-state index is 0.296. The highest BCUT2D eigenvalue weighted by molar-refractivity contribution is 14.1. The van der Waals surface area contributed by atoms with Crippen LogP contribution in [0.4, 0.5) is 0 Å². The van der Waals surface area contributed by atoms with Crippen LogP contribution in [0, 0.1) is 3.57 Å². The number of nitrogens with zero attached hydrogens (tertiary/aromatic N) is 1. The summed E-state index contributed by atoms with van der Waals surface area (Å²) in [7, 11) is 0. The third kappa shape index (κ3) is 3.67. The summed E-state index contributed by atoms with van der Waals surface area (Å²) in [5.74, 6) is 0.366. The van der Waals surface area contributed by atoms with E-state index < -0.39 is 5.97 Å². The summed E-state index contributed by atoms with van der Waals surface area (Å²) in [5, 5.41) is 3.18. The van der Waals surface area contributed by atoms with Crippen molar-refractivity contribution in [2.24, 2.45) is 0 Å². The predicted octanol–water partition coefficient (Wildman–Crippen LogP) is 6.24. The average molecular weight is 497 g/mol. The largest absolute Gasteiger partial charge is 0.492 e. The lowest BCUT2D eigenvalue weighted by molar-refractivity contribution is 0.0520. The number of fused-ring (bicyclic) bond motifs is 2. The van der Waals surface area contributed by atoms with Crippen molar-refractivity contribution < 1.29 is 14.3 Å². The highest BCUT2D eigenvalue weighted by Gasteiger charge is 2.18. The van der Waals surface area contributed by atoms with Crippen molar-refractivity contribution in [3.05, 3.63) is 69.9 Å². The molecule has 1 aromatic heterocycles. The van der Waals surface area contributed by atoms with E-state index in [1.54, 1.807) is 13.0 Å². The number of benzene rings is 3. The molecule has 5 heteroatoms. The zero-order valence-corrected chi connectivity index (χ0v) is 18.4. The molecular formula is C24H20INO3. The lowest BCUT2D eigenvalue weighted by atomic mass is 9.96. The highest BCUT2D eigenvalue weighted by Crippen LogP contribution is 2.40.